The molecule has 3 aromatic rings. The van der Waals surface area contributed by atoms with E-state index in [9.17, 15) is 31.6 Å². The van der Waals surface area contributed by atoms with E-state index in [2.05, 4.69) is 10.1 Å². The predicted molar refractivity (Wildman–Crippen MR) is 109 cm³/mol. The van der Waals surface area contributed by atoms with Crippen LogP contribution in [0.2, 0.25) is 0 Å². The van der Waals surface area contributed by atoms with Crippen LogP contribution in [0.15, 0.2) is 34.0 Å². The summed E-state index contributed by atoms with van der Waals surface area (Å²) in [5, 5.41) is 3.84. The van der Waals surface area contributed by atoms with Crippen molar-refractivity contribution >= 4 is 26.7 Å². The fourth-order valence-electron chi connectivity index (χ4n) is 3.06. The highest BCUT2D eigenvalue weighted by atomic mass is 32.2. The Kier molecular flexibility index (Phi) is 6.06. The van der Waals surface area contributed by atoms with E-state index in [1.54, 1.807) is 11.8 Å². The number of benzene rings is 1. The van der Waals surface area contributed by atoms with Crippen molar-refractivity contribution in [2.24, 2.45) is 0 Å². The first-order valence-electron chi connectivity index (χ1n) is 9.23. The van der Waals surface area contributed by atoms with Gasteiger partial charge in [0.2, 0.25) is 0 Å². The first-order valence-corrected chi connectivity index (χ1v) is 10.9. The van der Waals surface area contributed by atoms with Crippen molar-refractivity contribution in [3.63, 3.8) is 0 Å². The van der Waals surface area contributed by atoms with Gasteiger partial charge in [-0.1, -0.05) is 6.92 Å². The SMILES string of the molecule is CCC(=O)CS(=O)(=O)Nn1c(=O)[nH]c2cc(C(F)F)c(-c3ccnn3CC)cc2c1=O. The van der Waals surface area contributed by atoms with Crippen LogP contribution in [-0.2, 0) is 21.4 Å². The van der Waals surface area contributed by atoms with Crippen molar-refractivity contribution in [1.29, 1.82) is 0 Å². The van der Waals surface area contributed by atoms with Gasteiger partial charge < -0.3 is 4.98 Å². The number of halogens is 2. The highest BCUT2D eigenvalue weighted by molar-refractivity contribution is 7.93. The van der Waals surface area contributed by atoms with Crippen LogP contribution in [0.3, 0.4) is 0 Å². The van der Waals surface area contributed by atoms with E-state index < -0.39 is 44.8 Å². The van der Waals surface area contributed by atoms with Crippen LogP contribution in [-0.4, -0.2) is 39.4 Å². The molecule has 0 aliphatic heterocycles. The van der Waals surface area contributed by atoms with E-state index in [0.29, 0.717) is 12.2 Å². The topological polar surface area (TPSA) is 136 Å². The Bertz CT molecular complexity index is 1370. The summed E-state index contributed by atoms with van der Waals surface area (Å²) in [6, 6.07) is 3.63. The van der Waals surface area contributed by atoms with Crippen LogP contribution in [0.1, 0.15) is 32.3 Å². The summed E-state index contributed by atoms with van der Waals surface area (Å²) >= 11 is 0. The predicted octanol–water partition coefficient (Wildman–Crippen LogP) is 1.36. The maximum atomic E-state index is 13.7. The number of aromatic nitrogens is 4. The zero-order valence-corrected chi connectivity index (χ0v) is 17.4. The third-order valence-electron chi connectivity index (χ3n) is 4.57. The number of H-pyrrole nitrogens is 1. The molecular weight excluding hydrogens is 436 g/mol. The van der Waals surface area contributed by atoms with Gasteiger partial charge in [-0.15, -0.1) is 0 Å². The van der Waals surface area contributed by atoms with Crippen molar-refractivity contribution in [1.82, 2.24) is 19.4 Å². The molecule has 3 rings (SSSR count). The van der Waals surface area contributed by atoms with E-state index in [0.717, 1.165) is 12.1 Å². The number of aryl methyl sites for hydroxylation is 1. The van der Waals surface area contributed by atoms with Crippen molar-refractivity contribution in [2.75, 3.05) is 10.6 Å². The molecule has 0 aliphatic rings. The minimum absolute atomic E-state index is 0.0153. The summed E-state index contributed by atoms with van der Waals surface area (Å²) in [6.45, 7) is 3.61. The van der Waals surface area contributed by atoms with Gasteiger partial charge in [0.1, 0.15) is 11.5 Å². The molecule has 0 fully saturated rings. The third-order valence-corrected chi connectivity index (χ3v) is 5.73. The monoisotopic (exact) mass is 455 g/mol. The number of hydrogen-bond donors (Lipinski definition) is 2. The number of carbonyl (C=O) groups excluding carboxylic acids is 1. The summed E-state index contributed by atoms with van der Waals surface area (Å²) in [6.07, 6.45) is -1.54. The average Bonchev–Trinajstić information content (AvgIpc) is 3.18. The quantitative estimate of drug-likeness (QED) is 0.526. The van der Waals surface area contributed by atoms with Gasteiger partial charge >= 0.3 is 5.69 Å². The molecule has 0 saturated carbocycles. The molecule has 0 atom stereocenters. The Morgan fingerprint density at radius 3 is 2.58 bits per heavy atom. The third kappa shape index (κ3) is 4.40. The summed E-state index contributed by atoms with van der Waals surface area (Å²) in [5.41, 5.74) is -2.53. The lowest BCUT2D eigenvalue weighted by Gasteiger charge is -2.14. The molecule has 0 radical (unpaired) electrons. The number of sulfonamides is 1. The molecule has 166 valence electrons. The van der Waals surface area contributed by atoms with Crippen LogP contribution in [0.25, 0.3) is 22.2 Å². The molecule has 0 saturated heterocycles. The second-order valence-corrected chi connectivity index (χ2v) is 8.33. The number of hydrogen-bond acceptors (Lipinski definition) is 6. The number of rotatable bonds is 8. The maximum absolute atomic E-state index is 13.7. The number of Topliss-reactive ketones (excluding diaryl/α,β-unsaturated/α-hetero) is 1. The molecule has 0 bridgehead atoms. The molecule has 1 aromatic carbocycles. The fraction of sp³-hybridized carbons (Fsp3) is 0.333. The minimum atomic E-state index is -4.34. The van der Waals surface area contributed by atoms with E-state index in [1.807, 2.05) is 0 Å². The highest BCUT2D eigenvalue weighted by Crippen LogP contribution is 2.33. The minimum Gasteiger partial charge on any atom is -0.305 e. The summed E-state index contributed by atoms with van der Waals surface area (Å²) < 4.78 is 53.3. The van der Waals surface area contributed by atoms with Gasteiger partial charge in [0, 0.05) is 30.3 Å². The molecule has 2 N–H and O–H groups in total. The Labute approximate surface area is 174 Å². The highest BCUT2D eigenvalue weighted by Gasteiger charge is 2.22. The zero-order chi connectivity index (χ0) is 22.9. The molecule has 0 unspecified atom stereocenters. The number of fused-ring (bicyclic) bond motifs is 1. The van der Waals surface area contributed by atoms with Gasteiger partial charge in [0.25, 0.3) is 22.0 Å². The number of aromatic amines is 1. The lowest BCUT2D eigenvalue weighted by Crippen LogP contribution is -2.44. The average molecular weight is 455 g/mol. The molecule has 0 amide bonds. The van der Waals surface area contributed by atoms with Gasteiger partial charge in [0.05, 0.1) is 16.6 Å². The zero-order valence-electron chi connectivity index (χ0n) is 16.6. The normalized spacial score (nSPS) is 11.9. The van der Waals surface area contributed by atoms with Crippen LogP contribution < -0.4 is 16.1 Å². The van der Waals surface area contributed by atoms with Crippen LogP contribution >= 0.6 is 0 Å². The number of carbonyl (C=O) groups is 1. The van der Waals surface area contributed by atoms with E-state index in [4.69, 9.17) is 0 Å². The largest absolute Gasteiger partial charge is 0.348 e. The molecular formula is C18H19F2N5O5S. The number of nitrogens with zero attached hydrogens (tertiary/aromatic N) is 3. The standard InChI is InChI=1S/C18H19F2N5O5S/c1-3-10(26)9-31(29,30)23-25-17(27)13-7-11(15-5-6-21-24(15)4-2)12(16(19)20)8-14(13)22-18(25)28/h5-8,16,23H,3-4,9H2,1-2H3,(H,22,28). The van der Waals surface area contributed by atoms with Crippen molar-refractivity contribution in [2.45, 2.75) is 33.2 Å². The second kappa shape index (κ2) is 8.41. The fourth-order valence-corrected chi connectivity index (χ4v) is 4.20. The first kappa shape index (κ1) is 22.3. The molecule has 31 heavy (non-hydrogen) atoms. The molecule has 2 aromatic heterocycles. The summed E-state index contributed by atoms with van der Waals surface area (Å²) in [7, 11) is -4.34. The number of ketones is 1. The van der Waals surface area contributed by atoms with Gasteiger partial charge in [-0.25, -0.2) is 26.8 Å². The molecule has 0 aliphatic carbocycles. The van der Waals surface area contributed by atoms with E-state index in [1.165, 1.54) is 23.9 Å². The smallest absolute Gasteiger partial charge is 0.305 e. The molecule has 0 spiro atoms. The lowest BCUT2D eigenvalue weighted by atomic mass is 10.0. The van der Waals surface area contributed by atoms with Gasteiger partial charge in [-0.3, -0.25) is 14.3 Å². The summed E-state index contributed by atoms with van der Waals surface area (Å²) in [5.74, 6) is -1.53. The van der Waals surface area contributed by atoms with Gasteiger partial charge in [-0.2, -0.15) is 9.77 Å². The van der Waals surface area contributed by atoms with Crippen LogP contribution in [0.5, 0.6) is 0 Å². The Morgan fingerprint density at radius 2 is 1.97 bits per heavy atom. The Morgan fingerprint density at radius 1 is 1.26 bits per heavy atom. The maximum Gasteiger partial charge on any atom is 0.348 e. The first-order chi connectivity index (χ1) is 14.6. The second-order valence-electron chi connectivity index (χ2n) is 6.63. The van der Waals surface area contributed by atoms with Crippen LogP contribution in [0, 0.1) is 0 Å². The van der Waals surface area contributed by atoms with Crippen molar-refractivity contribution in [3.8, 4) is 11.3 Å². The van der Waals surface area contributed by atoms with Crippen molar-refractivity contribution < 1.29 is 22.0 Å². The number of alkyl halides is 2. The molecule has 10 nitrogen and oxygen atoms in total. The van der Waals surface area contributed by atoms with Gasteiger partial charge in [-0.05, 0) is 25.1 Å². The lowest BCUT2D eigenvalue weighted by molar-refractivity contribution is -0.116. The van der Waals surface area contributed by atoms with E-state index in [-0.39, 0.29) is 27.6 Å². The summed E-state index contributed by atoms with van der Waals surface area (Å²) in [4.78, 5) is 40.6. The van der Waals surface area contributed by atoms with E-state index >= 15 is 0 Å². The van der Waals surface area contributed by atoms with Crippen LogP contribution in [0.4, 0.5) is 8.78 Å². The Hall–Kier alpha value is -3.35. The molecule has 13 heteroatoms. The Balaban J connectivity index is 2.24. The molecule has 2 heterocycles. The number of nitrogens with one attached hydrogen (secondary N) is 2. The van der Waals surface area contributed by atoms with Gasteiger partial charge in [0.15, 0.2) is 0 Å². The van der Waals surface area contributed by atoms with Crippen molar-refractivity contribution in [3.05, 3.63) is 50.8 Å².